The Morgan fingerprint density at radius 3 is 2.57 bits per heavy atom. The summed E-state index contributed by atoms with van der Waals surface area (Å²) < 4.78 is 22.3. The molecule has 1 amide bonds. The number of piperazine rings is 1. The van der Waals surface area contributed by atoms with Crippen molar-refractivity contribution in [3.63, 3.8) is 0 Å². The van der Waals surface area contributed by atoms with E-state index in [0.717, 1.165) is 0 Å². The van der Waals surface area contributed by atoms with Crippen LogP contribution in [0.3, 0.4) is 0 Å². The maximum Gasteiger partial charge on any atom is 0.270 e. The third-order valence-electron chi connectivity index (χ3n) is 3.48. The molecular weight excluding hydrogens is 292 g/mol. The number of carbonyl (C=O) groups is 1. The van der Waals surface area contributed by atoms with Crippen molar-refractivity contribution in [2.24, 2.45) is 0 Å². The van der Waals surface area contributed by atoms with Crippen molar-refractivity contribution in [2.45, 2.75) is 0 Å². The lowest BCUT2D eigenvalue weighted by atomic mass is 10.2. The van der Waals surface area contributed by atoms with Gasteiger partial charge < -0.3 is 9.88 Å². The minimum Gasteiger partial charge on any atom is -0.356 e. The zero-order valence-corrected chi connectivity index (χ0v) is 12.7. The summed E-state index contributed by atoms with van der Waals surface area (Å²) in [6.45, 7) is 2.94. The first-order valence-corrected chi connectivity index (χ1v) is 8.73. The highest BCUT2D eigenvalue weighted by Crippen LogP contribution is 2.09. The summed E-state index contributed by atoms with van der Waals surface area (Å²) in [7, 11) is -2.95. The highest BCUT2D eigenvalue weighted by molar-refractivity contribution is 7.90. The van der Waals surface area contributed by atoms with E-state index in [1.807, 2.05) is 11.0 Å². The maximum atomic E-state index is 12.2. The second kappa shape index (κ2) is 6.28. The molecule has 0 aromatic carbocycles. The lowest BCUT2D eigenvalue weighted by Gasteiger charge is -2.34. The maximum absolute atomic E-state index is 12.2. The number of aromatic nitrogens is 1. The van der Waals surface area contributed by atoms with Gasteiger partial charge in [0.15, 0.2) is 0 Å². The van der Waals surface area contributed by atoms with Crippen molar-refractivity contribution < 1.29 is 13.2 Å². The summed E-state index contributed by atoms with van der Waals surface area (Å²) in [5.41, 5.74) is 0.848. The second-order valence-corrected chi connectivity index (χ2v) is 7.44. The standard InChI is InChI=1S/C13H18N4O3S/c1-21(19,20)7-6-16-2-4-17(5-3-16)13(18)12-8-11(9-14)10-15-12/h8,10,15H,2-7H2,1H3. The lowest BCUT2D eigenvalue weighted by molar-refractivity contribution is 0.0639. The quantitative estimate of drug-likeness (QED) is 0.822. The Morgan fingerprint density at radius 2 is 2.05 bits per heavy atom. The van der Waals surface area contributed by atoms with E-state index in [9.17, 15) is 13.2 Å². The summed E-state index contributed by atoms with van der Waals surface area (Å²) >= 11 is 0. The van der Waals surface area contributed by atoms with Crippen LogP contribution < -0.4 is 0 Å². The predicted molar refractivity (Wildman–Crippen MR) is 77.6 cm³/mol. The Kier molecular flexibility index (Phi) is 4.65. The molecule has 1 aliphatic rings. The molecular formula is C13H18N4O3S. The fraction of sp³-hybridized carbons (Fsp3) is 0.538. The van der Waals surface area contributed by atoms with Crippen molar-refractivity contribution in [3.8, 4) is 6.07 Å². The Bertz CT molecular complexity index is 651. The third kappa shape index (κ3) is 4.31. The number of aromatic amines is 1. The van der Waals surface area contributed by atoms with Crippen molar-refractivity contribution in [3.05, 3.63) is 23.5 Å². The van der Waals surface area contributed by atoms with E-state index in [-0.39, 0.29) is 11.7 Å². The number of nitriles is 1. The molecule has 1 N–H and O–H groups in total. The Balaban J connectivity index is 1.86. The summed E-state index contributed by atoms with van der Waals surface area (Å²) in [4.78, 5) is 18.8. The number of H-pyrrole nitrogens is 1. The molecule has 2 heterocycles. The molecule has 1 saturated heterocycles. The normalized spacial score (nSPS) is 16.7. The number of sulfone groups is 1. The number of rotatable bonds is 4. The van der Waals surface area contributed by atoms with Gasteiger partial charge in [-0.25, -0.2) is 8.42 Å². The number of hydrogen-bond acceptors (Lipinski definition) is 5. The number of hydrogen-bond donors (Lipinski definition) is 1. The van der Waals surface area contributed by atoms with Crippen LogP contribution in [0.5, 0.6) is 0 Å². The van der Waals surface area contributed by atoms with Crippen molar-refractivity contribution in [2.75, 3.05) is 44.7 Å². The molecule has 1 fully saturated rings. The van der Waals surface area contributed by atoms with Crippen molar-refractivity contribution in [1.82, 2.24) is 14.8 Å². The molecule has 0 bridgehead atoms. The minimum atomic E-state index is -2.95. The van der Waals surface area contributed by atoms with Crippen LogP contribution in [0.2, 0.25) is 0 Å². The van der Waals surface area contributed by atoms with E-state index in [0.29, 0.717) is 44.0 Å². The molecule has 0 saturated carbocycles. The molecule has 2 rings (SSSR count). The van der Waals surface area contributed by atoms with Crippen LogP contribution >= 0.6 is 0 Å². The van der Waals surface area contributed by atoms with Crippen molar-refractivity contribution in [1.29, 1.82) is 5.26 Å². The van der Waals surface area contributed by atoms with Crippen LogP contribution in [0, 0.1) is 11.3 Å². The zero-order valence-electron chi connectivity index (χ0n) is 11.9. The van der Waals surface area contributed by atoms with Gasteiger partial charge in [-0.3, -0.25) is 9.69 Å². The van der Waals surface area contributed by atoms with E-state index < -0.39 is 9.84 Å². The van der Waals surface area contributed by atoms with E-state index in [4.69, 9.17) is 5.26 Å². The largest absolute Gasteiger partial charge is 0.356 e. The fourth-order valence-corrected chi connectivity index (χ4v) is 2.81. The molecule has 0 unspecified atom stereocenters. The molecule has 114 valence electrons. The first-order chi connectivity index (χ1) is 9.89. The fourth-order valence-electron chi connectivity index (χ4n) is 2.22. The Hall–Kier alpha value is -1.85. The van der Waals surface area contributed by atoms with Crippen LogP contribution in [-0.2, 0) is 9.84 Å². The minimum absolute atomic E-state index is 0.126. The Labute approximate surface area is 124 Å². The van der Waals surface area contributed by atoms with Gasteiger partial charge >= 0.3 is 0 Å². The monoisotopic (exact) mass is 310 g/mol. The molecule has 1 aromatic heterocycles. The average molecular weight is 310 g/mol. The molecule has 0 spiro atoms. The smallest absolute Gasteiger partial charge is 0.270 e. The average Bonchev–Trinajstić information content (AvgIpc) is 2.93. The first-order valence-electron chi connectivity index (χ1n) is 6.67. The number of nitrogens with one attached hydrogen (secondary N) is 1. The molecule has 1 aromatic rings. The number of nitrogens with zero attached hydrogens (tertiary/aromatic N) is 3. The van der Waals surface area contributed by atoms with Gasteiger partial charge in [-0.1, -0.05) is 0 Å². The molecule has 21 heavy (non-hydrogen) atoms. The van der Waals surface area contributed by atoms with E-state index in [1.54, 1.807) is 11.0 Å². The van der Waals surface area contributed by atoms with Crippen LogP contribution in [0.25, 0.3) is 0 Å². The van der Waals surface area contributed by atoms with Gasteiger partial charge in [-0.15, -0.1) is 0 Å². The molecule has 1 aliphatic heterocycles. The lowest BCUT2D eigenvalue weighted by Crippen LogP contribution is -2.49. The van der Waals surface area contributed by atoms with Gasteiger partial charge in [0.1, 0.15) is 21.6 Å². The molecule has 0 radical (unpaired) electrons. The topological polar surface area (TPSA) is 97.3 Å². The second-order valence-electron chi connectivity index (χ2n) is 5.18. The SMILES string of the molecule is CS(=O)(=O)CCN1CCN(C(=O)c2cc(C#N)c[nH]2)CC1. The first kappa shape index (κ1) is 15.5. The predicted octanol–water partition coefficient (Wildman–Crippen LogP) is -0.311. The summed E-state index contributed by atoms with van der Waals surface area (Å²) in [5, 5.41) is 8.75. The van der Waals surface area contributed by atoms with Crippen molar-refractivity contribution >= 4 is 15.7 Å². The number of carbonyl (C=O) groups excluding carboxylic acids is 1. The van der Waals surface area contributed by atoms with Gasteiger partial charge in [0.25, 0.3) is 5.91 Å². The third-order valence-corrected chi connectivity index (χ3v) is 4.40. The molecule has 0 atom stereocenters. The summed E-state index contributed by atoms with van der Waals surface area (Å²) in [6, 6.07) is 3.52. The van der Waals surface area contributed by atoms with Gasteiger partial charge in [-0.05, 0) is 6.07 Å². The van der Waals surface area contributed by atoms with Crippen LogP contribution in [-0.4, -0.2) is 73.8 Å². The molecule has 0 aliphatic carbocycles. The van der Waals surface area contributed by atoms with E-state index in [2.05, 4.69) is 4.98 Å². The highest BCUT2D eigenvalue weighted by atomic mass is 32.2. The molecule has 8 heteroatoms. The molecule has 7 nitrogen and oxygen atoms in total. The van der Waals surface area contributed by atoms with Crippen LogP contribution in [0.4, 0.5) is 0 Å². The van der Waals surface area contributed by atoms with Crippen LogP contribution in [0.1, 0.15) is 16.1 Å². The zero-order chi connectivity index (χ0) is 15.5. The summed E-state index contributed by atoms with van der Waals surface area (Å²) in [5.74, 6) is 0.0163. The summed E-state index contributed by atoms with van der Waals surface area (Å²) in [6.07, 6.45) is 2.74. The van der Waals surface area contributed by atoms with E-state index in [1.165, 1.54) is 12.5 Å². The van der Waals surface area contributed by atoms with Gasteiger partial charge in [-0.2, -0.15) is 5.26 Å². The number of amides is 1. The van der Waals surface area contributed by atoms with Gasteiger partial charge in [0.2, 0.25) is 0 Å². The highest BCUT2D eigenvalue weighted by Gasteiger charge is 2.23. The van der Waals surface area contributed by atoms with Crippen LogP contribution in [0.15, 0.2) is 12.3 Å². The van der Waals surface area contributed by atoms with Gasteiger partial charge in [0.05, 0.1) is 11.3 Å². The Morgan fingerprint density at radius 1 is 1.38 bits per heavy atom. The van der Waals surface area contributed by atoms with Gasteiger partial charge in [0, 0.05) is 45.2 Å². The van der Waals surface area contributed by atoms with E-state index >= 15 is 0 Å².